The minimum atomic E-state index is -0.612. The molecule has 3 aliphatic carbocycles. The zero-order chi connectivity index (χ0) is 24.7. The predicted molar refractivity (Wildman–Crippen MR) is 140 cm³/mol. The van der Waals surface area contributed by atoms with Gasteiger partial charge in [0.25, 0.3) is 0 Å². The Morgan fingerprint density at radius 2 is 1.97 bits per heavy atom. The summed E-state index contributed by atoms with van der Waals surface area (Å²) in [5.74, 6) is 2.10. The first-order valence-electron chi connectivity index (χ1n) is 13.8. The number of hydrogen-bond acceptors (Lipinski definition) is 4. The summed E-state index contributed by atoms with van der Waals surface area (Å²) >= 11 is 0. The number of nitrogens with zero attached hydrogens (tertiary/aromatic N) is 1. The summed E-state index contributed by atoms with van der Waals surface area (Å²) in [6, 6.07) is 0.521. The lowest BCUT2D eigenvalue weighted by atomic mass is 9.61. The number of methoxy groups -OCH3 is 1. The second kappa shape index (κ2) is 10.2. The molecule has 4 nitrogen and oxygen atoms in total. The Morgan fingerprint density at radius 1 is 1.21 bits per heavy atom. The van der Waals surface area contributed by atoms with Crippen LogP contribution in [-0.2, 0) is 4.74 Å². The number of aliphatic hydroxyl groups is 2. The average Bonchev–Trinajstić information content (AvgIpc) is 3.39. The van der Waals surface area contributed by atoms with Crippen molar-refractivity contribution < 1.29 is 14.9 Å². The van der Waals surface area contributed by atoms with Crippen molar-refractivity contribution in [3.8, 4) is 0 Å². The lowest BCUT2D eigenvalue weighted by Gasteiger charge is -2.46. The van der Waals surface area contributed by atoms with Gasteiger partial charge in [0.1, 0.15) is 0 Å². The van der Waals surface area contributed by atoms with Crippen molar-refractivity contribution in [2.45, 2.75) is 109 Å². The van der Waals surface area contributed by atoms with Crippen molar-refractivity contribution >= 4 is 0 Å². The van der Waals surface area contributed by atoms with Gasteiger partial charge in [0, 0.05) is 26.1 Å². The fourth-order valence-corrected chi connectivity index (χ4v) is 8.14. The van der Waals surface area contributed by atoms with Crippen LogP contribution in [0.15, 0.2) is 35.5 Å². The van der Waals surface area contributed by atoms with E-state index < -0.39 is 12.2 Å². The minimum absolute atomic E-state index is 0.0864. The first-order valence-corrected chi connectivity index (χ1v) is 13.8. The summed E-state index contributed by atoms with van der Waals surface area (Å²) in [7, 11) is 1.86. The van der Waals surface area contributed by atoms with Gasteiger partial charge in [0.15, 0.2) is 0 Å². The fraction of sp³-hybridized carbons (Fsp3) is 0.800. The van der Waals surface area contributed by atoms with E-state index in [0.717, 1.165) is 17.1 Å². The minimum Gasteiger partial charge on any atom is -0.393 e. The average molecular weight is 472 g/mol. The van der Waals surface area contributed by atoms with E-state index in [2.05, 4.69) is 51.3 Å². The summed E-state index contributed by atoms with van der Waals surface area (Å²) in [6.07, 6.45) is 13.4. The number of allylic oxidation sites excluding steroid dienone is 3. The van der Waals surface area contributed by atoms with Gasteiger partial charge < -0.3 is 14.9 Å². The second-order valence-corrected chi connectivity index (χ2v) is 12.6. The van der Waals surface area contributed by atoms with Crippen molar-refractivity contribution in [3.05, 3.63) is 35.5 Å². The Bertz CT molecular complexity index is 814. The highest BCUT2D eigenvalue weighted by Gasteiger charge is 2.51. The maximum atomic E-state index is 10.2. The SMILES string of the molecule is C=C1/C(=C\C=C2/CCC[C@]3(C)[C@@H]([C@H](C)CN4CCC[C@H]4C(C)(C)OC)CC[C@@H]23)CC(O)CC1O. The van der Waals surface area contributed by atoms with Gasteiger partial charge in [-0.3, -0.25) is 4.90 Å². The summed E-state index contributed by atoms with van der Waals surface area (Å²) in [4.78, 5) is 2.72. The van der Waals surface area contributed by atoms with Gasteiger partial charge in [-0.25, -0.2) is 0 Å². The van der Waals surface area contributed by atoms with E-state index in [1.54, 1.807) is 5.57 Å². The number of rotatable bonds is 6. The van der Waals surface area contributed by atoms with E-state index in [4.69, 9.17) is 4.74 Å². The maximum Gasteiger partial charge on any atom is 0.0811 e. The molecule has 0 aromatic carbocycles. The molecule has 0 bridgehead atoms. The zero-order valence-electron chi connectivity index (χ0n) is 22.4. The van der Waals surface area contributed by atoms with Crippen LogP contribution >= 0.6 is 0 Å². The van der Waals surface area contributed by atoms with Gasteiger partial charge in [0.2, 0.25) is 0 Å². The van der Waals surface area contributed by atoms with Crippen LogP contribution in [0.4, 0.5) is 0 Å². The summed E-state index contributed by atoms with van der Waals surface area (Å²) in [6.45, 7) is 16.1. The summed E-state index contributed by atoms with van der Waals surface area (Å²) < 4.78 is 5.88. The molecule has 1 heterocycles. The van der Waals surface area contributed by atoms with E-state index in [1.807, 2.05) is 7.11 Å². The fourth-order valence-electron chi connectivity index (χ4n) is 8.14. The van der Waals surface area contributed by atoms with Crippen LogP contribution in [0.1, 0.15) is 85.5 Å². The molecule has 0 radical (unpaired) electrons. The summed E-state index contributed by atoms with van der Waals surface area (Å²) in [5, 5.41) is 20.3. The second-order valence-electron chi connectivity index (χ2n) is 12.6. The van der Waals surface area contributed by atoms with Crippen LogP contribution in [0.3, 0.4) is 0 Å². The topological polar surface area (TPSA) is 52.9 Å². The first-order chi connectivity index (χ1) is 16.1. The van der Waals surface area contributed by atoms with Gasteiger partial charge in [0.05, 0.1) is 17.8 Å². The van der Waals surface area contributed by atoms with Gasteiger partial charge in [-0.2, -0.15) is 0 Å². The maximum absolute atomic E-state index is 10.2. The third-order valence-corrected chi connectivity index (χ3v) is 10.2. The standard InChI is InChI=1S/C30H49NO3/c1-20(19-31-16-8-10-28(31)29(3,4)34-6)25-13-14-26-22(9-7-15-30(25,26)5)11-12-23-17-24(32)18-27(33)21(23)2/h11-12,20,24-28,32-33H,2,7-10,13-19H2,1,3-6H3/b22-11+,23-12-/t20-,24?,25-,26+,27?,28+,30-/m1/s1. The van der Waals surface area contributed by atoms with Crippen molar-refractivity contribution in [1.82, 2.24) is 4.90 Å². The number of hydrogen-bond donors (Lipinski definition) is 2. The smallest absolute Gasteiger partial charge is 0.0811 e. The molecule has 7 atom stereocenters. The third-order valence-electron chi connectivity index (χ3n) is 10.2. The van der Waals surface area contributed by atoms with Gasteiger partial charge in [-0.15, -0.1) is 0 Å². The Balaban J connectivity index is 1.47. The molecule has 2 unspecified atom stereocenters. The highest BCUT2D eigenvalue weighted by Crippen LogP contribution is 2.59. The Morgan fingerprint density at radius 3 is 2.71 bits per heavy atom. The lowest BCUT2D eigenvalue weighted by Crippen LogP contribution is -2.49. The molecule has 0 aromatic rings. The molecule has 0 amide bonds. The van der Waals surface area contributed by atoms with Crippen molar-refractivity contribution in [1.29, 1.82) is 0 Å². The molecule has 1 saturated heterocycles. The molecule has 4 aliphatic rings. The third kappa shape index (κ3) is 4.98. The first kappa shape index (κ1) is 26.1. The van der Waals surface area contributed by atoms with Crippen LogP contribution in [0, 0.1) is 23.2 Å². The van der Waals surface area contributed by atoms with Gasteiger partial charge in [-0.05, 0) is 106 Å². The monoisotopic (exact) mass is 471 g/mol. The Labute approximate surface area is 208 Å². The molecular formula is C30H49NO3. The van der Waals surface area contributed by atoms with Gasteiger partial charge in [-0.1, -0.05) is 38.2 Å². The van der Waals surface area contributed by atoms with Gasteiger partial charge >= 0.3 is 0 Å². The van der Waals surface area contributed by atoms with Crippen LogP contribution in [-0.4, -0.2) is 59.2 Å². The van der Waals surface area contributed by atoms with E-state index in [0.29, 0.717) is 36.1 Å². The molecule has 1 aliphatic heterocycles. The normalized spacial score (nSPS) is 40.8. The molecule has 0 spiro atoms. The number of fused-ring (bicyclic) bond motifs is 1. The molecule has 4 fully saturated rings. The summed E-state index contributed by atoms with van der Waals surface area (Å²) in [5.41, 5.74) is 3.68. The molecule has 3 saturated carbocycles. The molecule has 4 rings (SSSR count). The van der Waals surface area contributed by atoms with E-state index in [1.165, 1.54) is 58.0 Å². The Hall–Kier alpha value is -0.940. The molecule has 4 heteroatoms. The van der Waals surface area contributed by atoms with Crippen molar-refractivity contribution in [2.75, 3.05) is 20.2 Å². The largest absolute Gasteiger partial charge is 0.393 e. The van der Waals surface area contributed by atoms with Crippen LogP contribution in [0.5, 0.6) is 0 Å². The molecule has 2 N–H and O–H groups in total. The van der Waals surface area contributed by atoms with Crippen LogP contribution in [0.25, 0.3) is 0 Å². The number of ether oxygens (including phenoxy) is 1. The quantitative estimate of drug-likeness (QED) is 0.525. The Kier molecular flexibility index (Phi) is 7.84. The van der Waals surface area contributed by atoms with Crippen molar-refractivity contribution in [3.63, 3.8) is 0 Å². The molecular weight excluding hydrogens is 422 g/mol. The van der Waals surface area contributed by atoms with Crippen LogP contribution < -0.4 is 0 Å². The highest BCUT2D eigenvalue weighted by atomic mass is 16.5. The zero-order valence-corrected chi connectivity index (χ0v) is 22.4. The van der Waals surface area contributed by atoms with Crippen molar-refractivity contribution in [2.24, 2.45) is 23.2 Å². The lowest BCUT2D eigenvalue weighted by molar-refractivity contribution is -0.0469. The molecule has 34 heavy (non-hydrogen) atoms. The highest BCUT2D eigenvalue weighted by molar-refractivity contribution is 5.38. The van der Waals surface area contributed by atoms with E-state index >= 15 is 0 Å². The van der Waals surface area contributed by atoms with Crippen LogP contribution in [0.2, 0.25) is 0 Å². The molecule has 192 valence electrons. The van der Waals surface area contributed by atoms with E-state index in [9.17, 15) is 10.2 Å². The van der Waals surface area contributed by atoms with E-state index in [-0.39, 0.29) is 5.60 Å². The predicted octanol–water partition coefficient (Wildman–Crippen LogP) is 5.65. The number of aliphatic hydroxyl groups excluding tert-OH is 2. The number of likely N-dealkylation sites (tertiary alicyclic amines) is 1. The molecule has 0 aromatic heterocycles.